The van der Waals surface area contributed by atoms with E-state index in [2.05, 4.69) is 0 Å². The molecule has 7 heteroatoms. The summed E-state index contributed by atoms with van der Waals surface area (Å²) >= 11 is 1.60. The summed E-state index contributed by atoms with van der Waals surface area (Å²) in [6, 6.07) is 19.7. The number of benzene rings is 2. The van der Waals surface area contributed by atoms with Crippen molar-refractivity contribution in [2.24, 2.45) is 0 Å². The molecule has 0 spiro atoms. The predicted octanol–water partition coefficient (Wildman–Crippen LogP) is 3.98. The fourth-order valence-corrected chi connectivity index (χ4v) is 4.73. The zero-order valence-corrected chi connectivity index (χ0v) is 18.3. The van der Waals surface area contributed by atoms with Gasteiger partial charge in [0.25, 0.3) is 0 Å². The van der Waals surface area contributed by atoms with E-state index in [1.807, 2.05) is 70.5 Å². The number of rotatable bonds is 8. The average Bonchev–Trinajstić information content (AvgIpc) is 3.22. The van der Waals surface area contributed by atoms with Crippen molar-refractivity contribution in [1.29, 1.82) is 0 Å². The summed E-state index contributed by atoms with van der Waals surface area (Å²) in [5.74, 6) is 2.25. The lowest BCUT2D eigenvalue weighted by Crippen LogP contribution is -2.47. The number of nitrogens with zero attached hydrogens (tertiary/aromatic N) is 2. The summed E-state index contributed by atoms with van der Waals surface area (Å²) in [5, 5.41) is 0. The molecule has 6 nitrogen and oxygen atoms in total. The highest BCUT2D eigenvalue weighted by Gasteiger charge is 2.38. The van der Waals surface area contributed by atoms with Crippen molar-refractivity contribution < 1.29 is 19.1 Å². The highest BCUT2D eigenvalue weighted by atomic mass is 32.2. The van der Waals surface area contributed by atoms with Crippen LogP contribution in [0.4, 0.5) is 4.79 Å². The molecule has 0 saturated carbocycles. The molecule has 2 aromatic rings. The summed E-state index contributed by atoms with van der Waals surface area (Å²) < 4.78 is 11.2. The SMILES string of the molecule is O=C(CSCCOc1ccccc1)N1CCC(N2CC(c3ccccc3)OC2=O)CC1. The van der Waals surface area contributed by atoms with Crippen LogP contribution in [0.2, 0.25) is 0 Å². The number of amides is 2. The molecule has 0 radical (unpaired) electrons. The van der Waals surface area contributed by atoms with Gasteiger partial charge in [0, 0.05) is 24.9 Å². The van der Waals surface area contributed by atoms with Crippen molar-refractivity contribution in [1.82, 2.24) is 9.80 Å². The summed E-state index contributed by atoms with van der Waals surface area (Å²) in [6.07, 6.45) is 1.14. The maximum absolute atomic E-state index is 12.5. The first-order valence-electron chi connectivity index (χ1n) is 10.8. The third-order valence-electron chi connectivity index (χ3n) is 5.73. The molecule has 0 aliphatic carbocycles. The zero-order chi connectivity index (χ0) is 21.5. The van der Waals surface area contributed by atoms with Crippen molar-refractivity contribution in [3.8, 4) is 5.75 Å². The second-order valence-electron chi connectivity index (χ2n) is 7.76. The molecule has 2 amide bonds. The van der Waals surface area contributed by atoms with E-state index in [-0.39, 0.29) is 24.1 Å². The van der Waals surface area contributed by atoms with Crippen molar-refractivity contribution in [2.45, 2.75) is 25.0 Å². The Balaban J connectivity index is 1.15. The number of ether oxygens (including phenoxy) is 2. The van der Waals surface area contributed by atoms with Gasteiger partial charge in [-0.15, -0.1) is 11.8 Å². The highest BCUT2D eigenvalue weighted by Crippen LogP contribution is 2.30. The van der Waals surface area contributed by atoms with Gasteiger partial charge < -0.3 is 19.3 Å². The molecule has 2 fully saturated rings. The second-order valence-corrected chi connectivity index (χ2v) is 8.87. The first kappa shape index (κ1) is 21.6. The predicted molar refractivity (Wildman–Crippen MR) is 121 cm³/mol. The standard InChI is InChI=1S/C24H28N2O4S/c27-23(18-31-16-15-29-21-9-5-2-6-10-21)25-13-11-20(12-14-25)26-17-22(30-24(26)28)19-7-3-1-4-8-19/h1-10,20,22H,11-18H2. The Bertz CT molecular complexity index is 856. The van der Waals surface area contributed by atoms with Gasteiger partial charge in [0.15, 0.2) is 0 Å². The smallest absolute Gasteiger partial charge is 0.410 e. The van der Waals surface area contributed by atoms with Crippen molar-refractivity contribution in [2.75, 3.05) is 37.7 Å². The quantitative estimate of drug-likeness (QED) is 0.581. The number of carbonyl (C=O) groups is 2. The summed E-state index contributed by atoms with van der Waals surface area (Å²) in [7, 11) is 0. The Hall–Kier alpha value is -2.67. The van der Waals surface area contributed by atoms with E-state index in [1.165, 1.54) is 0 Å². The van der Waals surface area contributed by atoms with Crippen LogP contribution in [0, 0.1) is 0 Å². The maximum Gasteiger partial charge on any atom is 0.410 e. The van der Waals surface area contributed by atoms with Gasteiger partial charge in [0.1, 0.15) is 11.9 Å². The lowest BCUT2D eigenvalue weighted by molar-refractivity contribution is -0.129. The second kappa shape index (κ2) is 10.6. The molecule has 2 heterocycles. The van der Waals surface area contributed by atoms with Crippen molar-refractivity contribution >= 4 is 23.8 Å². The maximum atomic E-state index is 12.5. The minimum Gasteiger partial charge on any atom is -0.493 e. The molecule has 31 heavy (non-hydrogen) atoms. The van der Waals surface area contributed by atoms with Crippen LogP contribution in [0.15, 0.2) is 60.7 Å². The number of piperidine rings is 1. The van der Waals surface area contributed by atoms with E-state index in [9.17, 15) is 9.59 Å². The molecule has 0 N–H and O–H groups in total. The fraction of sp³-hybridized carbons (Fsp3) is 0.417. The topological polar surface area (TPSA) is 59.1 Å². The first-order chi connectivity index (χ1) is 15.2. The molecule has 2 saturated heterocycles. The van der Waals surface area contributed by atoms with E-state index in [0.29, 0.717) is 32.0 Å². The molecule has 2 aromatic carbocycles. The number of hydrogen-bond acceptors (Lipinski definition) is 5. The zero-order valence-electron chi connectivity index (χ0n) is 17.5. The van der Waals surface area contributed by atoms with Crippen LogP contribution in [0.25, 0.3) is 0 Å². The molecule has 1 atom stereocenters. The number of likely N-dealkylation sites (tertiary alicyclic amines) is 1. The van der Waals surface area contributed by atoms with Gasteiger partial charge in [-0.3, -0.25) is 4.79 Å². The van der Waals surface area contributed by atoms with Crippen LogP contribution in [0.1, 0.15) is 24.5 Å². The lowest BCUT2D eigenvalue weighted by Gasteiger charge is -2.35. The minimum absolute atomic E-state index is 0.136. The molecule has 1 unspecified atom stereocenters. The van der Waals surface area contributed by atoms with E-state index >= 15 is 0 Å². The molecular weight excluding hydrogens is 412 g/mol. The van der Waals surface area contributed by atoms with Gasteiger partial charge in [-0.25, -0.2) is 4.79 Å². The van der Waals surface area contributed by atoms with Gasteiger partial charge in [-0.2, -0.15) is 0 Å². The van der Waals surface area contributed by atoms with Crippen LogP contribution in [0.5, 0.6) is 5.75 Å². The molecule has 4 rings (SSSR count). The molecule has 0 aromatic heterocycles. The number of cyclic esters (lactones) is 1. The third-order valence-corrected chi connectivity index (χ3v) is 6.64. The van der Waals surface area contributed by atoms with E-state index in [4.69, 9.17) is 9.47 Å². The Labute approximate surface area is 187 Å². The van der Waals surface area contributed by atoms with Gasteiger partial charge in [0.05, 0.1) is 18.9 Å². The van der Waals surface area contributed by atoms with Crippen LogP contribution >= 0.6 is 11.8 Å². The van der Waals surface area contributed by atoms with Gasteiger partial charge in [-0.05, 0) is 30.5 Å². The molecule has 2 aliphatic heterocycles. The molecule has 164 valence electrons. The highest BCUT2D eigenvalue weighted by molar-refractivity contribution is 7.99. The molecule has 2 aliphatic rings. The van der Waals surface area contributed by atoms with Gasteiger partial charge in [0.2, 0.25) is 5.91 Å². The van der Waals surface area contributed by atoms with Gasteiger partial charge in [-0.1, -0.05) is 48.5 Å². The van der Waals surface area contributed by atoms with Crippen LogP contribution in [-0.4, -0.2) is 65.6 Å². The average molecular weight is 441 g/mol. The monoisotopic (exact) mass is 440 g/mol. The molecular formula is C24H28N2O4S. The largest absolute Gasteiger partial charge is 0.493 e. The number of thioether (sulfide) groups is 1. The lowest BCUT2D eigenvalue weighted by atomic mass is 10.0. The van der Waals surface area contributed by atoms with Crippen molar-refractivity contribution in [3.05, 3.63) is 66.2 Å². The Kier molecular flexibility index (Phi) is 7.35. The normalized spacial score (nSPS) is 19.4. The summed E-state index contributed by atoms with van der Waals surface area (Å²) in [4.78, 5) is 28.7. The van der Waals surface area contributed by atoms with Crippen LogP contribution in [0.3, 0.4) is 0 Å². The van der Waals surface area contributed by atoms with E-state index < -0.39 is 0 Å². The summed E-state index contributed by atoms with van der Waals surface area (Å²) in [5.41, 5.74) is 1.03. The fourth-order valence-electron chi connectivity index (χ4n) is 4.03. The van der Waals surface area contributed by atoms with Crippen molar-refractivity contribution in [3.63, 3.8) is 0 Å². The molecule has 0 bridgehead atoms. The number of hydrogen-bond donors (Lipinski definition) is 0. The minimum atomic E-state index is -0.243. The van der Waals surface area contributed by atoms with E-state index in [0.717, 1.165) is 29.9 Å². The van der Waals surface area contributed by atoms with E-state index in [1.54, 1.807) is 11.8 Å². The Morgan fingerprint density at radius 3 is 2.42 bits per heavy atom. The van der Waals surface area contributed by atoms with Gasteiger partial charge >= 0.3 is 6.09 Å². The number of para-hydroxylation sites is 1. The third kappa shape index (κ3) is 5.73. The van der Waals surface area contributed by atoms with Crippen LogP contribution < -0.4 is 4.74 Å². The Morgan fingerprint density at radius 1 is 1.03 bits per heavy atom. The summed E-state index contributed by atoms with van der Waals surface area (Å²) in [6.45, 7) is 2.54. The number of carbonyl (C=O) groups excluding carboxylic acids is 2. The Morgan fingerprint density at radius 2 is 1.71 bits per heavy atom. The first-order valence-corrected chi connectivity index (χ1v) is 11.9. The van der Waals surface area contributed by atoms with Crippen LogP contribution in [-0.2, 0) is 9.53 Å².